The Morgan fingerprint density at radius 3 is 2.03 bits per heavy atom. The SMILES string of the molecule is CSCCC(NC(=O)C(CC(=O)O)NC(=O)C(CCCN=C(N)N)NC(=O)CN)C(=O)O. The molecule has 0 spiro atoms. The van der Waals surface area contributed by atoms with E-state index in [9.17, 15) is 29.1 Å². The molecule has 32 heavy (non-hydrogen) atoms. The highest BCUT2D eigenvalue weighted by Crippen LogP contribution is 2.05. The molecule has 0 saturated carbocycles. The molecule has 14 nitrogen and oxygen atoms in total. The maximum absolute atomic E-state index is 12.7. The number of nitrogens with one attached hydrogen (secondary N) is 3. The summed E-state index contributed by atoms with van der Waals surface area (Å²) >= 11 is 1.37. The molecule has 0 radical (unpaired) electrons. The number of aliphatic imine (C=N–C) groups is 1. The lowest BCUT2D eigenvalue weighted by Gasteiger charge is -2.23. The van der Waals surface area contributed by atoms with Crippen molar-refractivity contribution >= 4 is 47.4 Å². The highest BCUT2D eigenvalue weighted by atomic mass is 32.2. The third-order valence-electron chi connectivity index (χ3n) is 4.02. The van der Waals surface area contributed by atoms with Gasteiger partial charge >= 0.3 is 11.9 Å². The Morgan fingerprint density at radius 2 is 1.53 bits per heavy atom. The predicted octanol–water partition coefficient (Wildman–Crippen LogP) is -3.23. The number of carboxylic acids is 2. The lowest BCUT2D eigenvalue weighted by atomic mass is 10.1. The number of carbonyl (C=O) groups excluding carboxylic acids is 3. The summed E-state index contributed by atoms with van der Waals surface area (Å²) in [5, 5.41) is 25.2. The molecule has 0 aromatic heterocycles. The van der Waals surface area contributed by atoms with E-state index in [0.29, 0.717) is 5.75 Å². The molecule has 3 atom stereocenters. The Labute approximate surface area is 189 Å². The molecule has 0 aliphatic carbocycles. The molecule has 3 unspecified atom stereocenters. The molecular formula is C17H31N7O7S. The number of hydrogen-bond donors (Lipinski definition) is 8. The van der Waals surface area contributed by atoms with Gasteiger partial charge in [0.15, 0.2) is 5.96 Å². The molecule has 0 aliphatic heterocycles. The van der Waals surface area contributed by atoms with Gasteiger partial charge in [-0.2, -0.15) is 11.8 Å². The van der Waals surface area contributed by atoms with Crippen LogP contribution in [0.4, 0.5) is 0 Å². The zero-order valence-corrected chi connectivity index (χ0v) is 18.5. The molecule has 0 aromatic carbocycles. The average molecular weight is 478 g/mol. The number of rotatable bonds is 16. The smallest absolute Gasteiger partial charge is 0.326 e. The topological polar surface area (TPSA) is 252 Å². The first-order chi connectivity index (χ1) is 15.0. The highest BCUT2D eigenvalue weighted by Gasteiger charge is 2.30. The Bertz CT molecular complexity index is 701. The summed E-state index contributed by atoms with van der Waals surface area (Å²) in [6.07, 6.45) is 1.43. The minimum absolute atomic E-state index is 0.0707. The van der Waals surface area contributed by atoms with E-state index in [1.807, 2.05) is 0 Å². The molecule has 11 N–H and O–H groups in total. The number of nitrogens with two attached hydrogens (primary N) is 3. The number of guanidine groups is 1. The van der Waals surface area contributed by atoms with Gasteiger partial charge in [0.25, 0.3) is 0 Å². The van der Waals surface area contributed by atoms with Crippen LogP contribution < -0.4 is 33.2 Å². The summed E-state index contributed by atoms with van der Waals surface area (Å²) in [6, 6.07) is -3.96. The lowest BCUT2D eigenvalue weighted by Crippen LogP contribution is -2.56. The highest BCUT2D eigenvalue weighted by molar-refractivity contribution is 7.98. The minimum atomic E-state index is -1.56. The van der Waals surface area contributed by atoms with Crippen molar-refractivity contribution in [2.75, 3.05) is 25.1 Å². The Hall–Kier alpha value is -3.07. The quantitative estimate of drug-likeness (QED) is 0.0622. The fourth-order valence-corrected chi connectivity index (χ4v) is 2.92. The van der Waals surface area contributed by atoms with Gasteiger partial charge in [0.05, 0.1) is 13.0 Å². The van der Waals surface area contributed by atoms with Gasteiger partial charge in [-0.15, -0.1) is 0 Å². The van der Waals surface area contributed by atoms with Crippen LogP contribution in [0.25, 0.3) is 0 Å². The van der Waals surface area contributed by atoms with Gasteiger partial charge in [-0.05, 0) is 31.3 Å². The second kappa shape index (κ2) is 15.7. The van der Waals surface area contributed by atoms with E-state index in [0.717, 1.165) is 0 Å². The van der Waals surface area contributed by atoms with Crippen molar-refractivity contribution in [3.8, 4) is 0 Å². The minimum Gasteiger partial charge on any atom is -0.481 e. The monoisotopic (exact) mass is 477 g/mol. The van der Waals surface area contributed by atoms with E-state index >= 15 is 0 Å². The maximum Gasteiger partial charge on any atom is 0.326 e. The van der Waals surface area contributed by atoms with Crippen molar-refractivity contribution in [3.05, 3.63) is 0 Å². The summed E-state index contributed by atoms with van der Waals surface area (Å²) in [6.45, 7) is -0.230. The Morgan fingerprint density at radius 1 is 0.938 bits per heavy atom. The van der Waals surface area contributed by atoms with Crippen molar-refractivity contribution in [2.45, 2.75) is 43.8 Å². The van der Waals surface area contributed by atoms with E-state index in [4.69, 9.17) is 22.3 Å². The van der Waals surface area contributed by atoms with E-state index in [1.165, 1.54) is 11.8 Å². The van der Waals surface area contributed by atoms with Crippen LogP contribution in [0.2, 0.25) is 0 Å². The van der Waals surface area contributed by atoms with Crippen LogP contribution in [0, 0.1) is 0 Å². The summed E-state index contributed by atoms with van der Waals surface area (Å²) in [5.74, 6) is -4.85. The predicted molar refractivity (Wildman–Crippen MR) is 118 cm³/mol. The fraction of sp³-hybridized carbons (Fsp3) is 0.647. The van der Waals surface area contributed by atoms with E-state index < -0.39 is 60.8 Å². The van der Waals surface area contributed by atoms with Crippen molar-refractivity contribution in [2.24, 2.45) is 22.2 Å². The molecule has 0 aliphatic rings. The van der Waals surface area contributed by atoms with Crippen LogP contribution in [0.3, 0.4) is 0 Å². The van der Waals surface area contributed by atoms with Gasteiger partial charge in [0, 0.05) is 6.54 Å². The van der Waals surface area contributed by atoms with Gasteiger partial charge in [-0.25, -0.2) is 4.79 Å². The van der Waals surface area contributed by atoms with Gasteiger partial charge in [-0.1, -0.05) is 0 Å². The largest absolute Gasteiger partial charge is 0.481 e. The van der Waals surface area contributed by atoms with Crippen molar-refractivity contribution in [1.82, 2.24) is 16.0 Å². The normalized spacial score (nSPS) is 13.2. The van der Waals surface area contributed by atoms with Crippen LogP contribution in [0.1, 0.15) is 25.7 Å². The first kappa shape index (κ1) is 28.9. The van der Waals surface area contributed by atoms with Gasteiger partial charge < -0.3 is 43.4 Å². The molecule has 15 heteroatoms. The summed E-state index contributed by atoms with van der Waals surface area (Å²) in [7, 11) is 0. The van der Waals surface area contributed by atoms with Gasteiger partial charge in [0.2, 0.25) is 17.7 Å². The number of carboxylic acid groups (broad SMARTS) is 2. The molecule has 182 valence electrons. The molecule has 3 amide bonds. The molecule has 0 aromatic rings. The zero-order valence-electron chi connectivity index (χ0n) is 17.7. The van der Waals surface area contributed by atoms with Crippen LogP contribution >= 0.6 is 11.8 Å². The summed E-state index contributed by atoms with van der Waals surface area (Å²) < 4.78 is 0. The Kier molecular flexibility index (Phi) is 14.2. The first-order valence-corrected chi connectivity index (χ1v) is 11.0. The van der Waals surface area contributed by atoms with E-state index in [-0.39, 0.29) is 31.8 Å². The molecule has 0 saturated heterocycles. The zero-order chi connectivity index (χ0) is 24.7. The third kappa shape index (κ3) is 12.6. The first-order valence-electron chi connectivity index (χ1n) is 9.60. The van der Waals surface area contributed by atoms with Crippen LogP contribution in [0.15, 0.2) is 4.99 Å². The van der Waals surface area contributed by atoms with Crippen molar-refractivity contribution in [1.29, 1.82) is 0 Å². The van der Waals surface area contributed by atoms with Crippen molar-refractivity contribution in [3.63, 3.8) is 0 Å². The molecular weight excluding hydrogens is 446 g/mol. The molecule has 0 rings (SSSR count). The summed E-state index contributed by atoms with van der Waals surface area (Å²) in [5.41, 5.74) is 15.7. The number of thioether (sulfide) groups is 1. The van der Waals surface area contributed by atoms with E-state index in [1.54, 1.807) is 6.26 Å². The molecule has 0 bridgehead atoms. The average Bonchev–Trinajstić information content (AvgIpc) is 2.71. The number of carbonyl (C=O) groups is 5. The second-order valence-corrected chi connectivity index (χ2v) is 7.60. The van der Waals surface area contributed by atoms with Crippen LogP contribution in [-0.4, -0.2) is 89.1 Å². The van der Waals surface area contributed by atoms with Crippen molar-refractivity contribution < 1.29 is 34.2 Å². The number of amides is 3. The van der Waals surface area contributed by atoms with Crippen LogP contribution in [-0.2, 0) is 24.0 Å². The standard InChI is InChI=1S/C17H31N7O7S/c1-32-6-4-10(16(30)31)23-15(29)11(7-13(26)27)24-14(28)9(22-12(25)8-18)3-2-5-21-17(19)20/h9-11H,2-8,18H2,1H3,(H,22,25)(H,23,29)(H,24,28)(H,26,27)(H,30,31)(H4,19,20,21). The van der Waals surface area contributed by atoms with E-state index in [2.05, 4.69) is 20.9 Å². The summed E-state index contributed by atoms with van der Waals surface area (Å²) in [4.78, 5) is 63.1. The number of aliphatic carboxylic acids is 2. The molecule has 0 heterocycles. The maximum atomic E-state index is 12.7. The lowest BCUT2D eigenvalue weighted by molar-refractivity contribution is -0.143. The molecule has 0 fully saturated rings. The Balaban J connectivity index is 5.36. The van der Waals surface area contributed by atoms with Crippen LogP contribution in [0.5, 0.6) is 0 Å². The number of hydrogen-bond acceptors (Lipinski definition) is 8. The van der Waals surface area contributed by atoms with Gasteiger partial charge in [-0.3, -0.25) is 24.2 Å². The fourth-order valence-electron chi connectivity index (χ4n) is 2.45. The third-order valence-corrected chi connectivity index (χ3v) is 4.66. The second-order valence-electron chi connectivity index (χ2n) is 6.61. The number of nitrogens with zero attached hydrogens (tertiary/aromatic N) is 1. The van der Waals surface area contributed by atoms with Gasteiger partial charge in [0.1, 0.15) is 18.1 Å².